The van der Waals surface area contributed by atoms with Crippen molar-refractivity contribution in [3.8, 4) is 5.69 Å². The molecule has 0 saturated carbocycles. The number of fused-ring (bicyclic) bond motifs is 1. The fraction of sp³-hybridized carbons (Fsp3) is 0.0417. The van der Waals surface area contributed by atoms with Gasteiger partial charge in [0.1, 0.15) is 12.1 Å². The zero-order valence-electron chi connectivity index (χ0n) is 16.6. The van der Waals surface area contributed by atoms with Gasteiger partial charge in [-0.15, -0.1) is 11.3 Å². The Balaban J connectivity index is 1.53. The van der Waals surface area contributed by atoms with Crippen LogP contribution in [0.5, 0.6) is 0 Å². The van der Waals surface area contributed by atoms with Crippen LogP contribution in [0.25, 0.3) is 22.7 Å². The molecule has 0 aliphatic carbocycles. The van der Waals surface area contributed by atoms with Crippen LogP contribution in [0.1, 0.15) is 10.4 Å². The van der Waals surface area contributed by atoms with Gasteiger partial charge < -0.3 is 5.32 Å². The molecular weight excluding hydrogens is 406 g/mol. The average Bonchev–Trinajstić information content (AvgIpc) is 3.44. The second-order valence-electron chi connectivity index (χ2n) is 7.04. The van der Waals surface area contributed by atoms with E-state index < -0.39 is 0 Å². The predicted molar refractivity (Wildman–Crippen MR) is 126 cm³/mol. The van der Waals surface area contributed by atoms with Gasteiger partial charge in [-0.05, 0) is 47.3 Å². The highest BCUT2D eigenvalue weighted by Gasteiger charge is 2.10. The lowest BCUT2D eigenvalue weighted by atomic mass is 10.2. The number of benzene rings is 2. The monoisotopic (exact) mass is 425 g/mol. The van der Waals surface area contributed by atoms with Crippen molar-refractivity contribution < 1.29 is 0 Å². The van der Waals surface area contributed by atoms with Gasteiger partial charge in [0.25, 0.3) is 0 Å². The number of nitrogens with zero attached hydrogens (tertiary/aromatic N) is 4. The minimum atomic E-state index is -0.0854. The number of hydrogen-bond donors (Lipinski definition) is 1. The summed E-state index contributed by atoms with van der Waals surface area (Å²) in [6, 6.07) is 17.7. The molecule has 6 nitrogen and oxygen atoms in total. The third-order valence-electron chi connectivity index (χ3n) is 5.04. The van der Waals surface area contributed by atoms with Crippen LogP contribution in [0.3, 0.4) is 0 Å². The molecule has 2 aromatic carbocycles. The molecule has 152 valence electrons. The first kappa shape index (κ1) is 19.0. The minimum Gasteiger partial charge on any atom is -0.340 e. The van der Waals surface area contributed by atoms with Crippen LogP contribution in [0, 0.1) is 0 Å². The van der Waals surface area contributed by atoms with Gasteiger partial charge in [-0.2, -0.15) is 0 Å². The van der Waals surface area contributed by atoms with Crippen molar-refractivity contribution in [2.45, 2.75) is 6.54 Å². The Morgan fingerprint density at radius 2 is 2.00 bits per heavy atom. The molecule has 0 spiro atoms. The lowest BCUT2D eigenvalue weighted by molar-refractivity contribution is 0.751. The van der Waals surface area contributed by atoms with E-state index >= 15 is 0 Å². The van der Waals surface area contributed by atoms with Crippen LogP contribution < -0.4 is 11.0 Å². The summed E-state index contributed by atoms with van der Waals surface area (Å²) in [5.41, 5.74) is 3.40. The first-order valence-electron chi connectivity index (χ1n) is 9.76. The molecule has 0 unspecified atom stereocenters. The Labute approximate surface area is 182 Å². The van der Waals surface area contributed by atoms with Gasteiger partial charge in [0, 0.05) is 28.3 Å². The number of anilines is 2. The largest absolute Gasteiger partial charge is 0.340 e. The molecule has 1 N–H and O–H groups in total. The number of hydrogen-bond acceptors (Lipinski definition) is 5. The summed E-state index contributed by atoms with van der Waals surface area (Å²) in [6.45, 7) is 4.38. The summed E-state index contributed by atoms with van der Waals surface area (Å²) >= 11 is 1.64. The summed E-state index contributed by atoms with van der Waals surface area (Å²) in [5, 5.41) is 6.21. The molecule has 0 bridgehead atoms. The van der Waals surface area contributed by atoms with Crippen LogP contribution in [0.15, 0.2) is 90.1 Å². The molecule has 0 radical (unpaired) electrons. The van der Waals surface area contributed by atoms with Crippen molar-refractivity contribution in [2.24, 2.45) is 0 Å². The summed E-state index contributed by atoms with van der Waals surface area (Å²) in [6.07, 6.45) is 6.94. The molecular formula is C24H19N5OS. The van der Waals surface area contributed by atoms with Gasteiger partial charge in [0.05, 0.1) is 17.7 Å². The summed E-state index contributed by atoms with van der Waals surface area (Å²) in [7, 11) is 0. The molecule has 0 atom stereocenters. The Bertz CT molecular complexity index is 1430. The third kappa shape index (κ3) is 3.78. The van der Waals surface area contributed by atoms with Crippen molar-refractivity contribution in [3.63, 3.8) is 0 Å². The molecule has 5 aromatic rings. The topological polar surface area (TPSA) is 64.7 Å². The molecule has 0 aliphatic rings. The van der Waals surface area contributed by atoms with E-state index in [0.29, 0.717) is 12.4 Å². The van der Waals surface area contributed by atoms with Crippen molar-refractivity contribution >= 4 is 39.8 Å². The standard InChI is InChI=1S/C24H19N5OS/c1-2-17-5-3-6-18(13-17)27-23-21-14-19(8-9-22(21)25-16-26-23)29-11-10-28(24(29)30)15-20-7-4-12-31-20/h2-14,16H,1,15H2,(H,25,26,27). The molecule has 5 rings (SSSR count). The van der Waals surface area contributed by atoms with E-state index in [9.17, 15) is 4.79 Å². The van der Waals surface area contributed by atoms with Crippen molar-refractivity contribution in [1.29, 1.82) is 0 Å². The van der Waals surface area contributed by atoms with Crippen LogP contribution in [-0.4, -0.2) is 19.1 Å². The van der Waals surface area contributed by atoms with Gasteiger partial charge in [0.2, 0.25) is 0 Å². The smallest absolute Gasteiger partial charge is 0.333 e. The number of rotatable bonds is 6. The number of imidazole rings is 1. The second kappa shape index (κ2) is 8.04. The maximum Gasteiger partial charge on any atom is 0.333 e. The Morgan fingerprint density at radius 3 is 2.84 bits per heavy atom. The molecule has 7 heteroatoms. The maximum absolute atomic E-state index is 13.0. The van der Waals surface area contributed by atoms with Gasteiger partial charge in [-0.25, -0.2) is 14.8 Å². The zero-order valence-corrected chi connectivity index (χ0v) is 17.4. The van der Waals surface area contributed by atoms with Gasteiger partial charge in [-0.3, -0.25) is 9.13 Å². The number of thiophene rings is 1. The normalized spacial score (nSPS) is 11.0. The lowest BCUT2D eigenvalue weighted by Gasteiger charge is -2.10. The van der Waals surface area contributed by atoms with Crippen molar-refractivity contribution in [1.82, 2.24) is 19.1 Å². The van der Waals surface area contributed by atoms with E-state index in [1.54, 1.807) is 32.7 Å². The van der Waals surface area contributed by atoms with E-state index in [4.69, 9.17) is 0 Å². The quantitative estimate of drug-likeness (QED) is 0.412. The third-order valence-corrected chi connectivity index (χ3v) is 5.90. The fourth-order valence-electron chi connectivity index (χ4n) is 3.47. The first-order chi connectivity index (χ1) is 15.2. The highest BCUT2D eigenvalue weighted by molar-refractivity contribution is 7.09. The molecule has 0 fully saturated rings. The number of aromatic nitrogens is 4. The summed E-state index contributed by atoms with van der Waals surface area (Å²) in [4.78, 5) is 22.9. The summed E-state index contributed by atoms with van der Waals surface area (Å²) < 4.78 is 3.35. The zero-order chi connectivity index (χ0) is 21.2. The molecule has 0 aliphatic heterocycles. The molecule has 0 saturated heterocycles. The van der Waals surface area contributed by atoms with E-state index in [-0.39, 0.29) is 5.69 Å². The van der Waals surface area contributed by atoms with E-state index in [2.05, 4.69) is 21.9 Å². The van der Waals surface area contributed by atoms with Gasteiger partial charge in [-0.1, -0.05) is 30.9 Å². The Morgan fingerprint density at radius 1 is 1.06 bits per heavy atom. The number of nitrogens with one attached hydrogen (secondary N) is 1. The van der Waals surface area contributed by atoms with Crippen LogP contribution >= 0.6 is 11.3 Å². The van der Waals surface area contributed by atoms with Gasteiger partial charge >= 0.3 is 5.69 Å². The second-order valence-corrected chi connectivity index (χ2v) is 8.07. The predicted octanol–water partition coefficient (Wildman–Crippen LogP) is 5.08. The molecule has 31 heavy (non-hydrogen) atoms. The van der Waals surface area contributed by atoms with Crippen LogP contribution in [0.4, 0.5) is 11.5 Å². The highest BCUT2D eigenvalue weighted by Crippen LogP contribution is 2.25. The summed E-state index contributed by atoms with van der Waals surface area (Å²) in [5.74, 6) is 0.680. The lowest BCUT2D eigenvalue weighted by Crippen LogP contribution is -2.23. The van der Waals surface area contributed by atoms with Crippen molar-refractivity contribution in [2.75, 3.05) is 5.32 Å². The van der Waals surface area contributed by atoms with Crippen molar-refractivity contribution in [3.05, 3.63) is 106 Å². The van der Waals surface area contributed by atoms with Crippen LogP contribution in [-0.2, 0) is 6.54 Å². The average molecular weight is 426 g/mol. The fourth-order valence-corrected chi connectivity index (χ4v) is 4.18. The Kier molecular flexibility index (Phi) is 4.93. The van der Waals surface area contributed by atoms with Gasteiger partial charge in [0.15, 0.2) is 0 Å². The SMILES string of the molecule is C=Cc1cccc(Nc2ncnc3ccc(-n4ccn(Cc5cccs5)c4=O)cc23)c1. The Hall–Kier alpha value is -3.97. The van der Waals surface area contributed by atoms with E-state index in [1.165, 1.54) is 6.33 Å². The van der Waals surface area contributed by atoms with E-state index in [0.717, 1.165) is 32.7 Å². The molecule has 0 amide bonds. The van der Waals surface area contributed by atoms with Crippen LogP contribution in [0.2, 0.25) is 0 Å². The molecule has 3 aromatic heterocycles. The first-order valence-corrected chi connectivity index (χ1v) is 10.6. The molecule has 3 heterocycles. The maximum atomic E-state index is 13.0. The highest BCUT2D eigenvalue weighted by atomic mass is 32.1. The van der Waals surface area contributed by atoms with E-state index in [1.807, 2.05) is 66.2 Å². The minimum absolute atomic E-state index is 0.0854.